The summed E-state index contributed by atoms with van der Waals surface area (Å²) >= 11 is 0. The fourth-order valence-corrected chi connectivity index (χ4v) is 3.42. The van der Waals surface area contributed by atoms with Crippen molar-refractivity contribution in [3.8, 4) is 0 Å². The molecule has 4 atom stereocenters. The van der Waals surface area contributed by atoms with Gasteiger partial charge in [-0.2, -0.15) is 0 Å². The summed E-state index contributed by atoms with van der Waals surface area (Å²) in [6.45, 7) is 7.51. The smallest absolute Gasteiger partial charge is 0.407 e. The lowest BCUT2D eigenvalue weighted by atomic mass is 9.89. The fraction of sp³-hybridized carbons (Fsp3) is 0.750. The lowest BCUT2D eigenvalue weighted by molar-refractivity contribution is -0.141. The lowest BCUT2D eigenvalue weighted by Gasteiger charge is -2.22. The van der Waals surface area contributed by atoms with Gasteiger partial charge < -0.3 is 14.8 Å². The SMILES string of the molecule is C=C(C)C(=O)OCC(C)OC(=O)NCC1CC2CCC1C2. The van der Waals surface area contributed by atoms with E-state index in [-0.39, 0.29) is 6.61 Å². The maximum Gasteiger partial charge on any atom is 0.407 e. The molecule has 2 rings (SSSR count). The van der Waals surface area contributed by atoms with Crippen LogP contribution in [0.3, 0.4) is 0 Å². The van der Waals surface area contributed by atoms with Gasteiger partial charge in [-0.25, -0.2) is 9.59 Å². The molecular formula is C16H25NO4. The topological polar surface area (TPSA) is 64.6 Å². The van der Waals surface area contributed by atoms with Gasteiger partial charge in [0.15, 0.2) is 0 Å². The third kappa shape index (κ3) is 4.48. The number of carbonyl (C=O) groups excluding carboxylic acids is 2. The average molecular weight is 295 g/mol. The van der Waals surface area contributed by atoms with Crippen molar-refractivity contribution in [1.82, 2.24) is 5.32 Å². The first-order valence-electron chi connectivity index (χ1n) is 7.72. The van der Waals surface area contributed by atoms with Gasteiger partial charge in [-0.15, -0.1) is 0 Å². The minimum atomic E-state index is -0.465. The van der Waals surface area contributed by atoms with Gasteiger partial charge in [0.05, 0.1) is 0 Å². The number of hydrogen-bond donors (Lipinski definition) is 1. The van der Waals surface area contributed by atoms with Gasteiger partial charge in [-0.3, -0.25) is 0 Å². The first-order valence-corrected chi connectivity index (χ1v) is 7.72. The van der Waals surface area contributed by atoms with Gasteiger partial charge in [0.1, 0.15) is 12.7 Å². The highest BCUT2D eigenvalue weighted by molar-refractivity contribution is 5.86. The number of amides is 1. The number of ether oxygens (including phenoxy) is 2. The van der Waals surface area contributed by atoms with Gasteiger partial charge in [0.2, 0.25) is 0 Å². The largest absolute Gasteiger partial charge is 0.458 e. The summed E-state index contributed by atoms with van der Waals surface area (Å²) in [6.07, 6.45) is 4.33. The molecule has 0 spiro atoms. The first kappa shape index (κ1) is 15.9. The summed E-state index contributed by atoms with van der Waals surface area (Å²) < 4.78 is 10.1. The van der Waals surface area contributed by atoms with Crippen molar-refractivity contribution in [1.29, 1.82) is 0 Å². The molecule has 2 bridgehead atoms. The van der Waals surface area contributed by atoms with Crippen molar-refractivity contribution in [2.75, 3.05) is 13.2 Å². The Bertz CT molecular complexity index is 421. The normalized spacial score (nSPS) is 28.0. The molecule has 4 unspecified atom stereocenters. The predicted molar refractivity (Wildman–Crippen MR) is 78.7 cm³/mol. The summed E-state index contributed by atoms with van der Waals surface area (Å²) in [5, 5.41) is 2.83. The summed E-state index contributed by atoms with van der Waals surface area (Å²) in [5.41, 5.74) is 0.336. The van der Waals surface area contributed by atoms with E-state index in [2.05, 4.69) is 11.9 Å². The van der Waals surface area contributed by atoms with Crippen LogP contribution >= 0.6 is 0 Å². The Morgan fingerprint density at radius 2 is 2.10 bits per heavy atom. The van der Waals surface area contributed by atoms with E-state index in [1.165, 1.54) is 25.7 Å². The Morgan fingerprint density at radius 1 is 1.33 bits per heavy atom. The highest BCUT2D eigenvalue weighted by Gasteiger charge is 2.39. The highest BCUT2D eigenvalue weighted by atomic mass is 16.6. The third-order valence-corrected chi connectivity index (χ3v) is 4.50. The molecule has 1 amide bonds. The molecule has 21 heavy (non-hydrogen) atoms. The molecule has 118 valence electrons. The van der Waals surface area contributed by atoms with E-state index in [0.29, 0.717) is 18.0 Å². The second-order valence-corrected chi connectivity index (χ2v) is 6.41. The monoisotopic (exact) mass is 295 g/mol. The average Bonchev–Trinajstić information content (AvgIpc) is 3.04. The molecule has 0 aromatic carbocycles. The quantitative estimate of drug-likeness (QED) is 0.604. The van der Waals surface area contributed by atoms with Crippen LogP contribution in [0.4, 0.5) is 4.79 Å². The van der Waals surface area contributed by atoms with Gasteiger partial charge >= 0.3 is 12.1 Å². The number of carbonyl (C=O) groups is 2. The molecular weight excluding hydrogens is 270 g/mol. The van der Waals surface area contributed by atoms with Gasteiger partial charge in [-0.1, -0.05) is 13.0 Å². The molecule has 5 heteroatoms. The predicted octanol–water partition coefficient (Wildman–Crippen LogP) is 2.66. The second kappa shape index (κ2) is 6.96. The summed E-state index contributed by atoms with van der Waals surface area (Å²) in [5.74, 6) is 1.79. The van der Waals surface area contributed by atoms with Crippen LogP contribution in [0.2, 0.25) is 0 Å². The summed E-state index contributed by atoms with van der Waals surface area (Å²) in [4.78, 5) is 22.9. The van der Waals surface area contributed by atoms with Gasteiger partial charge in [0, 0.05) is 12.1 Å². The molecule has 0 saturated heterocycles. The minimum Gasteiger partial charge on any atom is -0.458 e. The van der Waals surface area contributed by atoms with E-state index in [0.717, 1.165) is 11.8 Å². The number of nitrogens with one attached hydrogen (secondary N) is 1. The molecule has 0 aromatic heterocycles. The van der Waals surface area contributed by atoms with Crippen LogP contribution in [-0.4, -0.2) is 31.3 Å². The maximum atomic E-state index is 11.7. The van der Waals surface area contributed by atoms with Crippen LogP contribution in [0.1, 0.15) is 39.5 Å². The van der Waals surface area contributed by atoms with Crippen LogP contribution in [0.15, 0.2) is 12.2 Å². The number of hydrogen-bond acceptors (Lipinski definition) is 4. The molecule has 2 fully saturated rings. The number of alkyl carbamates (subject to hydrolysis) is 1. The van der Waals surface area contributed by atoms with Crippen LogP contribution in [-0.2, 0) is 14.3 Å². The first-order chi connectivity index (χ1) is 9.95. The minimum absolute atomic E-state index is 0.0489. The Kier molecular flexibility index (Phi) is 5.26. The molecule has 0 radical (unpaired) electrons. The van der Waals surface area contributed by atoms with Crippen molar-refractivity contribution < 1.29 is 19.1 Å². The number of fused-ring (bicyclic) bond motifs is 2. The zero-order valence-electron chi connectivity index (χ0n) is 12.9. The Balaban J connectivity index is 1.60. The fourth-order valence-electron chi connectivity index (χ4n) is 3.42. The highest BCUT2D eigenvalue weighted by Crippen LogP contribution is 2.47. The molecule has 1 N–H and O–H groups in total. The third-order valence-electron chi connectivity index (χ3n) is 4.50. The molecule has 0 aliphatic heterocycles. The number of esters is 1. The van der Waals surface area contributed by atoms with Crippen molar-refractivity contribution >= 4 is 12.1 Å². The summed E-state index contributed by atoms with van der Waals surface area (Å²) in [6, 6.07) is 0. The van der Waals surface area contributed by atoms with Gasteiger partial charge in [-0.05, 0) is 50.9 Å². The second-order valence-electron chi connectivity index (χ2n) is 6.41. The Morgan fingerprint density at radius 3 is 2.67 bits per heavy atom. The standard InChI is InChI=1S/C16H25NO4/c1-10(2)15(18)20-9-11(3)21-16(19)17-8-14-7-12-4-5-13(14)6-12/h11-14H,1,4-9H2,2-3H3,(H,17,19). The molecule has 0 heterocycles. The maximum absolute atomic E-state index is 11.7. The van der Waals surface area contributed by atoms with Crippen LogP contribution in [0, 0.1) is 17.8 Å². The van der Waals surface area contributed by atoms with Gasteiger partial charge in [0.25, 0.3) is 0 Å². The zero-order valence-corrected chi connectivity index (χ0v) is 12.9. The molecule has 2 aliphatic carbocycles. The zero-order chi connectivity index (χ0) is 15.4. The molecule has 5 nitrogen and oxygen atoms in total. The van der Waals surface area contributed by atoms with Crippen molar-refractivity contribution in [2.45, 2.75) is 45.6 Å². The summed E-state index contributed by atoms with van der Waals surface area (Å²) in [7, 11) is 0. The van der Waals surface area contributed by atoms with E-state index in [9.17, 15) is 9.59 Å². The van der Waals surface area contributed by atoms with Crippen molar-refractivity contribution in [2.24, 2.45) is 17.8 Å². The van der Waals surface area contributed by atoms with E-state index < -0.39 is 18.2 Å². The Hall–Kier alpha value is -1.52. The van der Waals surface area contributed by atoms with E-state index in [1.807, 2.05) is 0 Å². The van der Waals surface area contributed by atoms with E-state index >= 15 is 0 Å². The van der Waals surface area contributed by atoms with Crippen LogP contribution in [0.5, 0.6) is 0 Å². The van der Waals surface area contributed by atoms with Crippen molar-refractivity contribution in [3.63, 3.8) is 0 Å². The molecule has 0 aromatic rings. The van der Waals surface area contributed by atoms with E-state index in [1.54, 1.807) is 13.8 Å². The van der Waals surface area contributed by atoms with Crippen molar-refractivity contribution in [3.05, 3.63) is 12.2 Å². The van der Waals surface area contributed by atoms with Crippen LogP contribution in [0.25, 0.3) is 0 Å². The lowest BCUT2D eigenvalue weighted by Crippen LogP contribution is -2.35. The Labute approximate surface area is 126 Å². The van der Waals surface area contributed by atoms with Crippen LogP contribution < -0.4 is 5.32 Å². The molecule has 2 aliphatic rings. The molecule has 2 saturated carbocycles. The number of rotatable bonds is 6. The van der Waals surface area contributed by atoms with E-state index in [4.69, 9.17) is 9.47 Å².